The van der Waals surface area contributed by atoms with Crippen LogP contribution in [-0.4, -0.2) is 28.2 Å². The van der Waals surface area contributed by atoms with Crippen molar-refractivity contribution in [3.63, 3.8) is 0 Å². The van der Waals surface area contributed by atoms with Crippen molar-refractivity contribution in [2.45, 2.75) is 12.5 Å². The average Bonchev–Trinajstić information content (AvgIpc) is 3.17. The van der Waals surface area contributed by atoms with Gasteiger partial charge in [0.15, 0.2) is 5.60 Å². The van der Waals surface area contributed by atoms with Gasteiger partial charge in [-0.15, -0.1) is 0 Å². The van der Waals surface area contributed by atoms with Gasteiger partial charge in [-0.25, -0.2) is 17.9 Å². The van der Waals surface area contributed by atoms with Gasteiger partial charge in [0.05, 0.1) is 17.4 Å². The fourth-order valence-electron chi connectivity index (χ4n) is 3.28. The topological polar surface area (TPSA) is 47.3 Å². The molecule has 30 heavy (non-hydrogen) atoms. The van der Waals surface area contributed by atoms with E-state index in [9.17, 15) is 18.3 Å². The third-order valence-corrected chi connectivity index (χ3v) is 5.00. The molecule has 0 amide bonds. The molecule has 1 aromatic heterocycles. The van der Waals surface area contributed by atoms with Crippen molar-refractivity contribution in [2.24, 2.45) is 0 Å². The molecule has 0 bridgehead atoms. The summed E-state index contributed by atoms with van der Waals surface area (Å²) in [5, 5.41) is 15.9. The van der Waals surface area contributed by atoms with Gasteiger partial charge in [-0.2, -0.15) is 5.10 Å². The number of nitrogens with zero attached hydrogens (tertiary/aromatic N) is 2. The van der Waals surface area contributed by atoms with Crippen molar-refractivity contribution in [3.8, 4) is 11.4 Å². The summed E-state index contributed by atoms with van der Waals surface area (Å²) in [6.07, 6.45) is 1.59. The Morgan fingerprint density at radius 2 is 1.73 bits per heavy atom. The minimum absolute atomic E-state index is 0.330. The molecule has 1 atom stereocenters. The SMILES string of the molecule is Cc1cc(F)ccc1OCC(O)(CF)c1ccc2c(cnn2-c2ccc(F)cc2)c1. The number of aryl methyl sites for hydroxylation is 1. The average molecular weight is 412 g/mol. The van der Waals surface area contributed by atoms with Crippen molar-refractivity contribution >= 4 is 10.9 Å². The smallest absolute Gasteiger partial charge is 0.152 e. The van der Waals surface area contributed by atoms with E-state index in [-0.39, 0.29) is 12.4 Å². The quantitative estimate of drug-likeness (QED) is 0.493. The lowest BCUT2D eigenvalue weighted by Gasteiger charge is -2.26. The Kier molecular flexibility index (Phi) is 5.22. The van der Waals surface area contributed by atoms with Crippen LogP contribution in [0.1, 0.15) is 11.1 Å². The van der Waals surface area contributed by atoms with Crippen LogP contribution in [0, 0.1) is 18.6 Å². The Bertz CT molecular complexity index is 1190. The van der Waals surface area contributed by atoms with Crippen LogP contribution in [0.5, 0.6) is 5.75 Å². The Morgan fingerprint density at radius 3 is 2.43 bits per heavy atom. The highest BCUT2D eigenvalue weighted by Crippen LogP contribution is 2.29. The highest BCUT2D eigenvalue weighted by Gasteiger charge is 2.31. The van der Waals surface area contributed by atoms with Crippen LogP contribution in [0.15, 0.2) is 66.9 Å². The van der Waals surface area contributed by atoms with Gasteiger partial charge in [-0.3, -0.25) is 0 Å². The summed E-state index contributed by atoms with van der Waals surface area (Å²) < 4.78 is 47.5. The zero-order valence-electron chi connectivity index (χ0n) is 16.1. The summed E-state index contributed by atoms with van der Waals surface area (Å²) in [5.41, 5.74) is 0.396. The molecule has 0 fully saturated rings. The van der Waals surface area contributed by atoms with E-state index in [1.54, 1.807) is 48.1 Å². The Labute approximate surface area is 171 Å². The van der Waals surface area contributed by atoms with E-state index < -0.39 is 18.1 Å². The van der Waals surface area contributed by atoms with Gasteiger partial charge in [0.25, 0.3) is 0 Å². The predicted molar refractivity (Wildman–Crippen MR) is 108 cm³/mol. The lowest BCUT2D eigenvalue weighted by Crippen LogP contribution is -2.35. The number of hydrogen-bond acceptors (Lipinski definition) is 3. The number of ether oxygens (including phenoxy) is 1. The zero-order valence-corrected chi connectivity index (χ0v) is 16.1. The first-order chi connectivity index (χ1) is 14.4. The number of benzene rings is 3. The molecule has 0 spiro atoms. The Hall–Kier alpha value is -3.32. The maximum atomic E-state index is 13.9. The maximum Gasteiger partial charge on any atom is 0.152 e. The van der Waals surface area contributed by atoms with E-state index in [0.29, 0.717) is 28.0 Å². The second-order valence-corrected chi connectivity index (χ2v) is 7.17. The maximum absolute atomic E-state index is 13.9. The number of alkyl halides is 1. The number of fused-ring (bicyclic) bond motifs is 1. The van der Waals surface area contributed by atoms with Gasteiger partial charge in [0.2, 0.25) is 0 Å². The Morgan fingerprint density at radius 1 is 1.00 bits per heavy atom. The van der Waals surface area contributed by atoms with E-state index >= 15 is 0 Å². The molecule has 0 aliphatic heterocycles. The third-order valence-electron chi connectivity index (χ3n) is 5.00. The fourth-order valence-corrected chi connectivity index (χ4v) is 3.28. The standard InChI is InChI=1S/C23H19F3N2O2/c1-15-10-19(26)5-9-22(15)30-14-23(29,13-24)17-2-8-21-16(11-17)12-27-28(21)20-6-3-18(25)4-7-20/h2-12,29H,13-14H2,1H3. The van der Waals surface area contributed by atoms with Gasteiger partial charge in [-0.05, 0) is 72.6 Å². The summed E-state index contributed by atoms with van der Waals surface area (Å²) >= 11 is 0. The van der Waals surface area contributed by atoms with E-state index in [4.69, 9.17) is 4.74 Å². The van der Waals surface area contributed by atoms with Gasteiger partial charge in [-0.1, -0.05) is 6.07 Å². The zero-order chi connectivity index (χ0) is 21.3. The molecule has 7 heteroatoms. The second-order valence-electron chi connectivity index (χ2n) is 7.17. The summed E-state index contributed by atoms with van der Waals surface area (Å²) in [5.74, 6) is -0.375. The van der Waals surface area contributed by atoms with Crippen LogP contribution < -0.4 is 4.74 Å². The van der Waals surface area contributed by atoms with Crippen LogP contribution in [0.25, 0.3) is 16.6 Å². The monoisotopic (exact) mass is 412 g/mol. The number of hydrogen-bond donors (Lipinski definition) is 1. The van der Waals surface area contributed by atoms with Gasteiger partial charge < -0.3 is 9.84 Å². The molecule has 1 N–H and O–H groups in total. The number of aliphatic hydroxyl groups is 1. The first-order valence-electron chi connectivity index (χ1n) is 9.31. The highest BCUT2D eigenvalue weighted by molar-refractivity contribution is 5.81. The number of aromatic nitrogens is 2. The lowest BCUT2D eigenvalue weighted by atomic mass is 9.95. The first-order valence-corrected chi connectivity index (χ1v) is 9.31. The van der Waals surface area contributed by atoms with Crippen LogP contribution in [0.2, 0.25) is 0 Å². The van der Waals surface area contributed by atoms with Gasteiger partial charge in [0.1, 0.15) is 30.7 Å². The van der Waals surface area contributed by atoms with E-state index in [0.717, 1.165) is 5.52 Å². The van der Waals surface area contributed by atoms with Crippen molar-refractivity contribution < 1.29 is 23.0 Å². The molecular formula is C23H19F3N2O2. The van der Waals surface area contributed by atoms with Gasteiger partial charge in [0, 0.05) is 5.39 Å². The fraction of sp³-hybridized carbons (Fsp3) is 0.174. The molecule has 0 radical (unpaired) electrons. The van der Waals surface area contributed by atoms with E-state index in [2.05, 4.69) is 5.10 Å². The number of rotatable bonds is 6. The molecule has 0 saturated heterocycles. The highest BCUT2D eigenvalue weighted by atomic mass is 19.1. The molecule has 1 heterocycles. The van der Waals surface area contributed by atoms with Crippen LogP contribution in [0.3, 0.4) is 0 Å². The summed E-state index contributed by atoms with van der Waals surface area (Å²) in [7, 11) is 0. The molecule has 0 aliphatic rings. The first kappa shape index (κ1) is 20.0. The van der Waals surface area contributed by atoms with E-state index in [1.807, 2.05) is 0 Å². The van der Waals surface area contributed by atoms with Crippen molar-refractivity contribution in [3.05, 3.63) is 89.6 Å². The third kappa shape index (κ3) is 3.76. The van der Waals surface area contributed by atoms with Crippen LogP contribution in [0.4, 0.5) is 13.2 Å². The molecule has 4 rings (SSSR count). The van der Waals surface area contributed by atoms with Crippen molar-refractivity contribution in [1.82, 2.24) is 9.78 Å². The molecule has 3 aromatic carbocycles. The predicted octanol–water partition coefficient (Wildman–Crippen LogP) is 4.85. The molecule has 0 aliphatic carbocycles. The lowest BCUT2D eigenvalue weighted by molar-refractivity contribution is -0.0291. The molecular weight excluding hydrogens is 393 g/mol. The largest absolute Gasteiger partial charge is 0.490 e. The number of halogens is 3. The van der Waals surface area contributed by atoms with E-state index in [1.165, 1.54) is 30.3 Å². The summed E-state index contributed by atoms with van der Waals surface area (Å²) in [6.45, 7) is 0.265. The van der Waals surface area contributed by atoms with Crippen LogP contribution in [-0.2, 0) is 5.60 Å². The second kappa shape index (κ2) is 7.84. The molecule has 1 unspecified atom stereocenters. The molecule has 4 aromatic rings. The minimum atomic E-state index is -1.88. The van der Waals surface area contributed by atoms with Crippen molar-refractivity contribution in [1.29, 1.82) is 0 Å². The van der Waals surface area contributed by atoms with Crippen molar-refractivity contribution in [2.75, 3.05) is 13.3 Å². The summed E-state index contributed by atoms with van der Waals surface area (Å²) in [6, 6.07) is 14.8. The molecule has 154 valence electrons. The normalized spacial score (nSPS) is 13.4. The Balaban J connectivity index is 1.62. The minimum Gasteiger partial charge on any atom is -0.490 e. The van der Waals surface area contributed by atoms with Gasteiger partial charge >= 0.3 is 0 Å². The molecule has 4 nitrogen and oxygen atoms in total. The molecule has 0 saturated carbocycles. The van der Waals surface area contributed by atoms with Crippen LogP contribution >= 0.6 is 0 Å². The summed E-state index contributed by atoms with van der Waals surface area (Å²) in [4.78, 5) is 0.